The molecule has 302 valence electrons. The predicted molar refractivity (Wildman–Crippen MR) is 180 cm³/mol. The fraction of sp³-hybridized carbons (Fsp3) is 0.556. The number of carbonyl (C=O) groups is 3. The third-order valence-corrected chi connectivity index (χ3v) is 9.84. The number of rotatable bonds is 10. The second kappa shape index (κ2) is 16.8. The number of thioether (sulfide) groups is 1. The summed E-state index contributed by atoms with van der Waals surface area (Å²) in [5, 5.41) is 0. The van der Waals surface area contributed by atoms with Crippen LogP contribution in [0.3, 0.4) is 0 Å². The normalized spacial score (nSPS) is 30.8. The summed E-state index contributed by atoms with van der Waals surface area (Å²) in [5.41, 5.74) is -3.34. The van der Waals surface area contributed by atoms with E-state index in [1.807, 2.05) is 0 Å². The van der Waals surface area contributed by atoms with Crippen molar-refractivity contribution < 1.29 is 78.6 Å². The zero-order valence-corrected chi connectivity index (χ0v) is 31.1. The summed E-state index contributed by atoms with van der Waals surface area (Å²) in [6.07, 6.45) is -18.9. The van der Waals surface area contributed by atoms with E-state index in [1.54, 1.807) is 20.8 Å². The number of fused-ring (bicyclic) bond motifs is 1. The summed E-state index contributed by atoms with van der Waals surface area (Å²) in [7, 11) is 0. The van der Waals surface area contributed by atoms with Crippen molar-refractivity contribution in [3.8, 4) is 0 Å². The highest BCUT2D eigenvalue weighted by molar-refractivity contribution is 7.99. The summed E-state index contributed by atoms with van der Waals surface area (Å²) in [4.78, 5) is 40.9. The first kappa shape index (κ1) is 42.4. The smallest absolute Gasteiger partial charge is 0.417 e. The van der Waals surface area contributed by atoms with Gasteiger partial charge < -0.3 is 37.9 Å². The molecule has 5 rings (SSSR count). The summed E-state index contributed by atoms with van der Waals surface area (Å²) in [5.74, 6) is -3.80. The maximum Gasteiger partial charge on any atom is 0.417 e. The number of benzene rings is 2. The molecular weight excluding hydrogens is 768 g/mol. The standard InChI is InChI=1S/C36H39F6NO11S/c1-17-27(30-31(54-34(5,6)53-30)33(48-17)55-25-14-10-9-13-23(25)36(40,41)42)52-32-26(43-15-21-11-7-8-12-22(21)35(37,38)39)29(50-20(4)46)28(49-19(3)45)24(51-32)16-47-18(2)44/h7-15,17,24,26-33H,16H2,1-6H3/t17-,24+,26+,27-,28+,29+,30+,31+,32+,33-/m0/s1. The molecule has 19 heteroatoms. The van der Waals surface area contributed by atoms with Crippen molar-refractivity contribution in [2.45, 2.75) is 125 Å². The summed E-state index contributed by atoms with van der Waals surface area (Å²) in [6.45, 7) is 7.36. The van der Waals surface area contributed by atoms with Crippen molar-refractivity contribution in [2.24, 2.45) is 4.99 Å². The minimum absolute atomic E-state index is 0.128. The van der Waals surface area contributed by atoms with Crippen molar-refractivity contribution in [3.05, 3.63) is 65.2 Å². The maximum absolute atomic E-state index is 14.0. The largest absolute Gasteiger partial charge is 0.463 e. The summed E-state index contributed by atoms with van der Waals surface area (Å²) >= 11 is 0.776. The van der Waals surface area contributed by atoms with E-state index >= 15 is 0 Å². The molecule has 10 atom stereocenters. The van der Waals surface area contributed by atoms with E-state index in [4.69, 9.17) is 37.9 Å². The lowest BCUT2D eigenvalue weighted by Crippen LogP contribution is -2.64. The van der Waals surface area contributed by atoms with Gasteiger partial charge >= 0.3 is 30.3 Å². The number of nitrogens with zero attached hydrogens (tertiary/aromatic N) is 1. The van der Waals surface area contributed by atoms with Crippen LogP contribution in [-0.4, -0.2) is 97.0 Å². The lowest BCUT2D eigenvalue weighted by atomic mass is 9.95. The van der Waals surface area contributed by atoms with Gasteiger partial charge in [0.05, 0.1) is 17.2 Å². The van der Waals surface area contributed by atoms with E-state index in [2.05, 4.69) is 4.99 Å². The second-order valence-corrected chi connectivity index (χ2v) is 14.5. The van der Waals surface area contributed by atoms with E-state index in [-0.39, 0.29) is 10.5 Å². The molecule has 3 aliphatic rings. The molecule has 0 saturated carbocycles. The van der Waals surface area contributed by atoms with Crippen LogP contribution in [0.25, 0.3) is 0 Å². The number of hydrogen-bond donors (Lipinski definition) is 0. The monoisotopic (exact) mass is 807 g/mol. The Bertz CT molecular complexity index is 1740. The molecule has 3 fully saturated rings. The average Bonchev–Trinajstić information content (AvgIpc) is 3.40. The highest BCUT2D eigenvalue weighted by Gasteiger charge is 2.58. The molecule has 0 N–H and O–H groups in total. The van der Waals surface area contributed by atoms with Gasteiger partial charge in [0.2, 0.25) is 0 Å². The Morgan fingerprint density at radius 2 is 1.38 bits per heavy atom. The van der Waals surface area contributed by atoms with Gasteiger partial charge in [0.1, 0.15) is 42.5 Å². The number of carbonyl (C=O) groups excluding carboxylic acids is 3. The molecule has 2 aromatic rings. The van der Waals surface area contributed by atoms with Gasteiger partial charge in [-0.1, -0.05) is 42.1 Å². The van der Waals surface area contributed by atoms with E-state index < -0.39 is 114 Å². The minimum atomic E-state index is -4.78. The van der Waals surface area contributed by atoms with Gasteiger partial charge in [0, 0.05) is 37.4 Å². The van der Waals surface area contributed by atoms with E-state index in [9.17, 15) is 40.7 Å². The molecule has 3 aliphatic heterocycles. The number of aliphatic imine (C=N–C) groups is 1. The molecule has 55 heavy (non-hydrogen) atoms. The van der Waals surface area contributed by atoms with Crippen LogP contribution in [-0.2, 0) is 64.6 Å². The molecule has 0 spiro atoms. The second-order valence-electron chi connectivity index (χ2n) is 13.3. The average molecular weight is 808 g/mol. The highest BCUT2D eigenvalue weighted by atomic mass is 32.2. The Morgan fingerprint density at radius 1 is 0.800 bits per heavy atom. The zero-order chi connectivity index (χ0) is 40.5. The van der Waals surface area contributed by atoms with Crippen molar-refractivity contribution >= 4 is 35.9 Å². The van der Waals surface area contributed by atoms with Crippen molar-refractivity contribution in [1.29, 1.82) is 0 Å². The molecule has 3 heterocycles. The van der Waals surface area contributed by atoms with Gasteiger partial charge in [-0.3, -0.25) is 19.4 Å². The molecule has 0 unspecified atom stereocenters. The Kier molecular flexibility index (Phi) is 12.9. The quantitative estimate of drug-likeness (QED) is 0.119. The third-order valence-electron chi connectivity index (χ3n) is 8.62. The topological polar surface area (TPSA) is 137 Å². The van der Waals surface area contributed by atoms with Crippen molar-refractivity contribution in [1.82, 2.24) is 0 Å². The first-order valence-corrected chi connectivity index (χ1v) is 17.8. The summed E-state index contributed by atoms with van der Waals surface area (Å²) in [6, 6.07) is 7.94. The molecule has 3 saturated heterocycles. The molecule has 0 aliphatic carbocycles. The Labute approximate surface area is 316 Å². The Morgan fingerprint density at radius 3 is 2.00 bits per heavy atom. The summed E-state index contributed by atoms with van der Waals surface area (Å²) < 4.78 is 131. The third kappa shape index (κ3) is 10.4. The number of esters is 3. The van der Waals surface area contributed by atoms with Crippen molar-refractivity contribution in [2.75, 3.05) is 6.61 Å². The van der Waals surface area contributed by atoms with Crippen molar-refractivity contribution in [3.63, 3.8) is 0 Å². The van der Waals surface area contributed by atoms with Gasteiger partial charge in [-0.2, -0.15) is 26.3 Å². The maximum atomic E-state index is 14.0. The van der Waals surface area contributed by atoms with Crippen LogP contribution in [0.4, 0.5) is 26.3 Å². The molecule has 0 radical (unpaired) electrons. The number of ether oxygens (including phenoxy) is 8. The fourth-order valence-electron chi connectivity index (χ4n) is 6.47. The fourth-order valence-corrected chi connectivity index (χ4v) is 7.76. The van der Waals surface area contributed by atoms with Gasteiger partial charge in [0.15, 0.2) is 24.3 Å². The van der Waals surface area contributed by atoms with Crippen LogP contribution in [0.1, 0.15) is 58.2 Å². The van der Waals surface area contributed by atoms with Crippen LogP contribution in [0, 0.1) is 0 Å². The van der Waals surface area contributed by atoms with E-state index in [0.29, 0.717) is 0 Å². The van der Waals surface area contributed by atoms with Crippen LogP contribution in [0.5, 0.6) is 0 Å². The van der Waals surface area contributed by atoms with Crippen LogP contribution in [0.15, 0.2) is 58.4 Å². The van der Waals surface area contributed by atoms with Crippen LogP contribution in [0.2, 0.25) is 0 Å². The van der Waals surface area contributed by atoms with Gasteiger partial charge in [-0.05, 0) is 39.0 Å². The molecule has 0 aromatic heterocycles. The first-order chi connectivity index (χ1) is 25.6. The van der Waals surface area contributed by atoms with E-state index in [1.165, 1.54) is 30.3 Å². The molecular formula is C36H39F6NO11S. The zero-order valence-electron chi connectivity index (χ0n) is 30.3. The van der Waals surface area contributed by atoms with E-state index in [0.717, 1.165) is 56.9 Å². The minimum Gasteiger partial charge on any atom is -0.463 e. The molecule has 12 nitrogen and oxygen atoms in total. The first-order valence-electron chi connectivity index (χ1n) is 17.0. The predicted octanol–water partition coefficient (Wildman–Crippen LogP) is 6.11. The Hall–Kier alpha value is -3.75. The SMILES string of the molecule is CC(=O)OC[C@H]1O[C@H](O[C@@H]2[C@H]3OC(C)(C)O[C@H]3[C@H](Sc3ccccc3C(F)(F)F)O[C@H]2C)[C@H](N=Cc2ccccc2C(F)(F)F)[C@@H](OC(C)=O)[C@@H]1OC(C)=O. The number of alkyl halides is 6. The number of halogens is 6. The molecule has 0 bridgehead atoms. The lowest BCUT2D eigenvalue weighted by molar-refractivity contribution is -0.307. The van der Waals surface area contributed by atoms with Gasteiger partial charge in [0.25, 0.3) is 0 Å². The highest BCUT2D eigenvalue weighted by Crippen LogP contribution is 2.47. The Balaban J connectivity index is 1.55. The van der Waals surface area contributed by atoms with Gasteiger partial charge in [-0.15, -0.1) is 0 Å². The molecule has 2 aromatic carbocycles. The molecule has 0 amide bonds. The number of hydrogen-bond acceptors (Lipinski definition) is 13. The van der Waals surface area contributed by atoms with Crippen LogP contribution >= 0.6 is 11.8 Å². The van der Waals surface area contributed by atoms with Gasteiger partial charge in [-0.25, -0.2) is 0 Å². The van der Waals surface area contributed by atoms with Crippen LogP contribution < -0.4 is 0 Å². The lowest BCUT2D eigenvalue weighted by Gasteiger charge is -2.47.